The maximum absolute atomic E-state index is 13.3. The lowest BCUT2D eigenvalue weighted by Crippen LogP contribution is -2.40. The fourth-order valence-electron chi connectivity index (χ4n) is 4.08. The molecule has 4 aromatic rings. The third-order valence-electron chi connectivity index (χ3n) is 6.03. The van der Waals surface area contributed by atoms with E-state index in [1.165, 1.54) is 4.90 Å². The van der Waals surface area contributed by atoms with E-state index in [-0.39, 0.29) is 18.5 Å². The minimum absolute atomic E-state index is 0.0968. The number of para-hydroxylation sites is 1. The zero-order valence-electron chi connectivity index (χ0n) is 21.1. The zero-order valence-corrected chi connectivity index (χ0v) is 21.1. The van der Waals surface area contributed by atoms with Gasteiger partial charge >= 0.3 is 6.03 Å². The summed E-state index contributed by atoms with van der Waals surface area (Å²) < 4.78 is 1.77. The van der Waals surface area contributed by atoms with Crippen LogP contribution in [0.15, 0.2) is 78.9 Å². The minimum Gasteiger partial charge on any atom is -0.315 e. The van der Waals surface area contributed by atoms with E-state index >= 15 is 0 Å². The first-order chi connectivity index (χ1) is 17.4. The van der Waals surface area contributed by atoms with Crippen molar-refractivity contribution in [1.82, 2.24) is 14.7 Å². The number of carbonyl (C=O) groups excluding carboxylic acids is 2. The first-order valence-corrected chi connectivity index (χ1v) is 12.0. The van der Waals surface area contributed by atoms with Crippen LogP contribution >= 0.6 is 0 Å². The third-order valence-corrected chi connectivity index (χ3v) is 6.03. The third kappa shape index (κ3) is 5.46. The van der Waals surface area contributed by atoms with E-state index in [9.17, 15) is 9.59 Å². The molecule has 0 saturated heterocycles. The number of nitrogens with one attached hydrogen (secondary N) is 2. The van der Waals surface area contributed by atoms with Crippen molar-refractivity contribution in [3.05, 3.63) is 95.7 Å². The summed E-state index contributed by atoms with van der Waals surface area (Å²) in [6.07, 6.45) is 0. The summed E-state index contributed by atoms with van der Waals surface area (Å²) in [7, 11) is 0. The predicted molar refractivity (Wildman–Crippen MR) is 145 cm³/mol. The maximum Gasteiger partial charge on any atom is 0.322 e. The lowest BCUT2D eigenvalue weighted by atomic mass is 10.1. The van der Waals surface area contributed by atoms with Crippen LogP contribution in [-0.2, 0) is 4.79 Å². The van der Waals surface area contributed by atoms with E-state index in [0.717, 1.165) is 33.6 Å². The second-order valence-corrected chi connectivity index (χ2v) is 8.73. The monoisotopic (exact) mass is 481 g/mol. The van der Waals surface area contributed by atoms with Gasteiger partial charge in [0.15, 0.2) is 0 Å². The highest BCUT2D eigenvalue weighted by molar-refractivity contribution is 5.99. The molecule has 0 atom stereocenters. The van der Waals surface area contributed by atoms with Crippen molar-refractivity contribution in [2.45, 2.75) is 27.7 Å². The molecule has 0 aliphatic carbocycles. The molecule has 36 heavy (non-hydrogen) atoms. The standard InChI is InChI=1S/C29H31N5O2/c1-5-33(29(36)30-24-17-15-20(2)16-18-24)19-26(35)31-28-27(23-12-7-6-8-13-23)22(4)32-34(28)25-14-10-9-11-21(25)3/h6-18H,5,19H2,1-4H3,(H,30,36)(H,31,35). The fraction of sp³-hybridized carbons (Fsp3) is 0.207. The van der Waals surface area contributed by atoms with Crippen molar-refractivity contribution in [3.8, 4) is 16.8 Å². The van der Waals surface area contributed by atoms with Crippen LogP contribution in [0.25, 0.3) is 16.8 Å². The SMILES string of the molecule is CCN(CC(=O)Nc1c(-c2ccccc2)c(C)nn1-c1ccccc1C)C(=O)Nc1ccc(C)cc1. The van der Waals surface area contributed by atoms with Crippen molar-refractivity contribution >= 4 is 23.4 Å². The second kappa shape index (κ2) is 10.9. The molecular formula is C29H31N5O2. The Balaban J connectivity index is 1.62. The molecule has 0 unspecified atom stereocenters. The van der Waals surface area contributed by atoms with Gasteiger partial charge in [0, 0.05) is 17.8 Å². The lowest BCUT2D eigenvalue weighted by molar-refractivity contribution is -0.116. The summed E-state index contributed by atoms with van der Waals surface area (Å²) in [4.78, 5) is 27.6. The fourth-order valence-corrected chi connectivity index (χ4v) is 4.08. The van der Waals surface area contributed by atoms with Gasteiger partial charge in [-0.05, 0) is 57.0 Å². The van der Waals surface area contributed by atoms with E-state index in [0.29, 0.717) is 18.1 Å². The van der Waals surface area contributed by atoms with E-state index in [2.05, 4.69) is 10.6 Å². The number of aryl methyl sites for hydroxylation is 3. The first kappa shape index (κ1) is 24.7. The lowest BCUT2D eigenvalue weighted by Gasteiger charge is -2.21. The molecule has 7 heteroatoms. The van der Waals surface area contributed by atoms with Crippen molar-refractivity contribution in [2.75, 3.05) is 23.7 Å². The van der Waals surface area contributed by atoms with E-state index in [1.807, 2.05) is 107 Å². The van der Waals surface area contributed by atoms with Gasteiger partial charge in [0.2, 0.25) is 5.91 Å². The normalized spacial score (nSPS) is 10.7. The summed E-state index contributed by atoms with van der Waals surface area (Å²) in [6, 6.07) is 25.0. The van der Waals surface area contributed by atoms with Crippen LogP contribution in [0.5, 0.6) is 0 Å². The van der Waals surface area contributed by atoms with Crippen molar-refractivity contribution in [2.24, 2.45) is 0 Å². The van der Waals surface area contributed by atoms with Crippen LogP contribution < -0.4 is 10.6 Å². The van der Waals surface area contributed by atoms with E-state index < -0.39 is 0 Å². The molecular weight excluding hydrogens is 450 g/mol. The van der Waals surface area contributed by atoms with Crippen molar-refractivity contribution in [3.63, 3.8) is 0 Å². The Morgan fingerprint density at radius 1 is 0.861 bits per heavy atom. The minimum atomic E-state index is -0.330. The molecule has 0 aliphatic rings. The van der Waals surface area contributed by atoms with Gasteiger partial charge in [-0.1, -0.05) is 66.2 Å². The number of likely N-dealkylation sites (N-methyl/N-ethyl adjacent to an activating group) is 1. The molecule has 0 fully saturated rings. The molecule has 0 spiro atoms. The van der Waals surface area contributed by atoms with Crippen molar-refractivity contribution in [1.29, 1.82) is 0 Å². The maximum atomic E-state index is 13.3. The van der Waals surface area contributed by atoms with E-state index in [4.69, 9.17) is 5.10 Å². The van der Waals surface area contributed by atoms with Crippen LogP contribution in [0.4, 0.5) is 16.3 Å². The molecule has 0 aliphatic heterocycles. The number of anilines is 2. The smallest absolute Gasteiger partial charge is 0.315 e. The highest BCUT2D eigenvalue weighted by atomic mass is 16.2. The first-order valence-electron chi connectivity index (χ1n) is 12.0. The molecule has 1 aromatic heterocycles. The summed E-state index contributed by atoms with van der Waals surface area (Å²) >= 11 is 0. The molecule has 3 aromatic carbocycles. The number of urea groups is 1. The molecule has 4 rings (SSSR count). The van der Waals surface area contributed by atoms with Gasteiger partial charge in [0.1, 0.15) is 12.4 Å². The number of hydrogen-bond donors (Lipinski definition) is 2. The Labute approximate surface area is 211 Å². The number of carbonyl (C=O) groups is 2. The highest BCUT2D eigenvalue weighted by Gasteiger charge is 2.23. The van der Waals surface area contributed by atoms with Gasteiger partial charge in [-0.3, -0.25) is 4.79 Å². The highest BCUT2D eigenvalue weighted by Crippen LogP contribution is 2.34. The zero-order chi connectivity index (χ0) is 25.7. The summed E-state index contributed by atoms with van der Waals surface area (Å²) in [6.45, 7) is 8.06. The topological polar surface area (TPSA) is 79.3 Å². The molecule has 2 N–H and O–H groups in total. The number of rotatable bonds is 7. The van der Waals surface area contributed by atoms with Gasteiger partial charge in [-0.15, -0.1) is 0 Å². The molecule has 184 valence electrons. The van der Waals surface area contributed by atoms with Crippen LogP contribution in [0.2, 0.25) is 0 Å². The van der Waals surface area contributed by atoms with Gasteiger partial charge in [-0.2, -0.15) is 5.10 Å². The van der Waals surface area contributed by atoms with Gasteiger partial charge in [0.05, 0.1) is 11.4 Å². The van der Waals surface area contributed by atoms with Crippen LogP contribution in [0.1, 0.15) is 23.7 Å². The number of aromatic nitrogens is 2. The number of amides is 3. The molecule has 1 heterocycles. The molecule has 3 amide bonds. The Morgan fingerprint density at radius 3 is 2.19 bits per heavy atom. The van der Waals surface area contributed by atoms with Gasteiger partial charge < -0.3 is 15.5 Å². The van der Waals surface area contributed by atoms with E-state index in [1.54, 1.807) is 4.68 Å². The molecule has 0 radical (unpaired) electrons. The van der Waals surface area contributed by atoms with Gasteiger partial charge in [-0.25, -0.2) is 9.48 Å². The molecule has 0 bridgehead atoms. The number of hydrogen-bond acceptors (Lipinski definition) is 3. The average molecular weight is 482 g/mol. The summed E-state index contributed by atoms with van der Waals surface area (Å²) in [5, 5.41) is 10.7. The van der Waals surface area contributed by atoms with Crippen LogP contribution in [-0.4, -0.2) is 39.7 Å². The molecule has 0 saturated carbocycles. The predicted octanol–water partition coefficient (Wildman–Crippen LogP) is 5.96. The summed E-state index contributed by atoms with van der Waals surface area (Å²) in [5.74, 6) is 0.274. The van der Waals surface area contributed by atoms with Crippen molar-refractivity contribution < 1.29 is 9.59 Å². The Kier molecular flexibility index (Phi) is 7.49. The second-order valence-electron chi connectivity index (χ2n) is 8.73. The van der Waals surface area contributed by atoms with Crippen LogP contribution in [0, 0.1) is 20.8 Å². The van der Waals surface area contributed by atoms with Gasteiger partial charge in [0.25, 0.3) is 0 Å². The Morgan fingerprint density at radius 2 is 1.53 bits per heavy atom. The average Bonchev–Trinajstić information content (AvgIpc) is 3.19. The molecule has 7 nitrogen and oxygen atoms in total. The largest absolute Gasteiger partial charge is 0.322 e. The number of nitrogens with zero attached hydrogens (tertiary/aromatic N) is 3. The van der Waals surface area contributed by atoms with Crippen LogP contribution in [0.3, 0.4) is 0 Å². The quantitative estimate of drug-likeness (QED) is 0.342. The Hall–Kier alpha value is -4.39. The number of benzene rings is 3. The Bertz CT molecular complexity index is 1360. The summed E-state index contributed by atoms with van der Waals surface area (Å²) in [5.41, 5.74) is 6.29.